The standard InChI is InChI=1S/C20H21NOS/c1-13(2)19-18(23)11-15-9-10-16(22-3)12-17(15)20(21-19)14-7-5-4-6-8-14/h4-10,12-13,19H,11H2,1-3H3/t19-/m0/s1. The summed E-state index contributed by atoms with van der Waals surface area (Å²) < 4.78 is 5.42. The number of methoxy groups -OCH3 is 1. The van der Waals surface area contributed by atoms with E-state index in [1.54, 1.807) is 7.11 Å². The van der Waals surface area contributed by atoms with E-state index in [1.807, 2.05) is 24.3 Å². The molecule has 0 radical (unpaired) electrons. The summed E-state index contributed by atoms with van der Waals surface area (Å²) in [6.07, 6.45) is 0.789. The summed E-state index contributed by atoms with van der Waals surface area (Å²) in [5.74, 6) is 1.23. The number of aliphatic imine (C=N–C) groups is 1. The first-order valence-electron chi connectivity index (χ1n) is 7.93. The van der Waals surface area contributed by atoms with Gasteiger partial charge in [-0.15, -0.1) is 0 Å². The monoisotopic (exact) mass is 323 g/mol. The van der Waals surface area contributed by atoms with Crippen molar-refractivity contribution in [3.63, 3.8) is 0 Å². The van der Waals surface area contributed by atoms with Crippen molar-refractivity contribution in [2.24, 2.45) is 10.9 Å². The first-order chi connectivity index (χ1) is 11.1. The number of hydrogen-bond donors (Lipinski definition) is 0. The molecular weight excluding hydrogens is 302 g/mol. The topological polar surface area (TPSA) is 21.6 Å². The highest BCUT2D eigenvalue weighted by molar-refractivity contribution is 7.80. The smallest absolute Gasteiger partial charge is 0.119 e. The predicted octanol–water partition coefficient (Wildman–Crippen LogP) is 4.48. The van der Waals surface area contributed by atoms with Crippen LogP contribution in [0.4, 0.5) is 0 Å². The van der Waals surface area contributed by atoms with Gasteiger partial charge in [-0.3, -0.25) is 4.99 Å². The van der Waals surface area contributed by atoms with Gasteiger partial charge < -0.3 is 4.74 Å². The lowest BCUT2D eigenvalue weighted by molar-refractivity contribution is 0.414. The maximum Gasteiger partial charge on any atom is 0.119 e. The summed E-state index contributed by atoms with van der Waals surface area (Å²) in [6, 6.07) is 16.6. The third kappa shape index (κ3) is 3.20. The van der Waals surface area contributed by atoms with E-state index in [4.69, 9.17) is 21.9 Å². The molecular formula is C20H21NOS. The zero-order chi connectivity index (χ0) is 16.4. The van der Waals surface area contributed by atoms with Crippen LogP contribution in [0.5, 0.6) is 5.75 Å². The van der Waals surface area contributed by atoms with Crippen LogP contribution in [0.15, 0.2) is 53.5 Å². The molecule has 1 atom stereocenters. The SMILES string of the molecule is COc1ccc2c(c1)C(c1ccccc1)=N[C@@H](C(C)C)C(=S)C2. The van der Waals surface area contributed by atoms with Crippen molar-refractivity contribution >= 4 is 22.8 Å². The molecule has 0 unspecified atom stereocenters. The lowest BCUT2D eigenvalue weighted by atomic mass is 9.94. The molecule has 0 saturated heterocycles. The molecule has 3 rings (SSSR count). The minimum absolute atomic E-state index is 0.0681. The van der Waals surface area contributed by atoms with Crippen molar-refractivity contribution in [3.05, 3.63) is 65.2 Å². The summed E-state index contributed by atoms with van der Waals surface area (Å²) in [5.41, 5.74) is 4.48. The van der Waals surface area contributed by atoms with E-state index in [-0.39, 0.29) is 6.04 Å². The van der Waals surface area contributed by atoms with E-state index < -0.39 is 0 Å². The highest BCUT2D eigenvalue weighted by Gasteiger charge is 2.25. The molecule has 118 valence electrons. The predicted molar refractivity (Wildman–Crippen MR) is 100 cm³/mol. The van der Waals surface area contributed by atoms with Gasteiger partial charge in [0.15, 0.2) is 0 Å². The third-order valence-corrected chi connectivity index (χ3v) is 4.60. The number of nitrogens with zero attached hydrogens (tertiary/aromatic N) is 1. The molecule has 23 heavy (non-hydrogen) atoms. The van der Waals surface area contributed by atoms with Crippen LogP contribution in [0.2, 0.25) is 0 Å². The zero-order valence-corrected chi connectivity index (χ0v) is 14.6. The highest BCUT2D eigenvalue weighted by atomic mass is 32.1. The van der Waals surface area contributed by atoms with Gasteiger partial charge in [-0.2, -0.15) is 0 Å². The normalized spacial score (nSPS) is 17.5. The van der Waals surface area contributed by atoms with Crippen LogP contribution >= 0.6 is 12.2 Å². The van der Waals surface area contributed by atoms with Crippen molar-refractivity contribution in [1.29, 1.82) is 0 Å². The van der Waals surface area contributed by atoms with Gasteiger partial charge in [-0.25, -0.2) is 0 Å². The van der Waals surface area contributed by atoms with Crippen LogP contribution < -0.4 is 4.74 Å². The van der Waals surface area contributed by atoms with E-state index in [9.17, 15) is 0 Å². The molecule has 2 aromatic rings. The molecule has 1 aliphatic rings. The van der Waals surface area contributed by atoms with Crippen LogP contribution in [0, 0.1) is 5.92 Å². The molecule has 2 nitrogen and oxygen atoms in total. The maximum atomic E-state index is 5.69. The average molecular weight is 323 g/mol. The molecule has 0 fully saturated rings. The van der Waals surface area contributed by atoms with Crippen LogP contribution in [-0.2, 0) is 6.42 Å². The largest absolute Gasteiger partial charge is 0.497 e. The van der Waals surface area contributed by atoms with Crippen LogP contribution in [-0.4, -0.2) is 23.7 Å². The molecule has 0 aliphatic carbocycles. The summed E-state index contributed by atoms with van der Waals surface area (Å²) in [5, 5.41) is 0. The van der Waals surface area contributed by atoms with Gasteiger partial charge in [0.2, 0.25) is 0 Å². The molecule has 0 bridgehead atoms. The Balaban J connectivity index is 2.22. The summed E-state index contributed by atoms with van der Waals surface area (Å²) in [6.45, 7) is 4.36. The number of thiocarbonyl (C=S) groups is 1. The lowest BCUT2D eigenvalue weighted by Gasteiger charge is -2.16. The van der Waals surface area contributed by atoms with E-state index in [1.165, 1.54) is 5.56 Å². The van der Waals surface area contributed by atoms with Crippen LogP contribution in [0.25, 0.3) is 0 Å². The van der Waals surface area contributed by atoms with E-state index in [0.717, 1.165) is 33.9 Å². The van der Waals surface area contributed by atoms with Crippen LogP contribution in [0.3, 0.4) is 0 Å². The molecule has 3 heteroatoms. The average Bonchev–Trinajstić information content (AvgIpc) is 2.71. The van der Waals surface area contributed by atoms with Crippen molar-refractivity contribution in [3.8, 4) is 5.75 Å². The number of hydrogen-bond acceptors (Lipinski definition) is 3. The lowest BCUT2D eigenvalue weighted by Crippen LogP contribution is -2.24. The molecule has 2 aromatic carbocycles. The fourth-order valence-corrected chi connectivity index (χ4v) is 3.46. The first-order valence-corrected chi connectivity index (χ1v) is 8.34. The van der Waals surface area contributed by atoms with Gasteiger partial charge in [-0.05, 0) is 23.6 Å². The number of ether oxygens (including phenoxy) is 1. The second kappa shape index (κ2) is 6.63. The van der Waals surface area contributed by atoms with E-state index >= 15 is 0 Å². The van der Waals surface area contributed by atoms with Gasteiger partial charge in [0.1, 0.15) is 5.75 Å². The molecule has 0 saturated carbocycles. The second-order valence-corrected chi connectivity index (χ2v) is 6.72. The minimum Gasteiger partial charge on any atom is -0.497 e. The fourth-order valence-electron chi connectivity index (χ4n) is 2.98. The number of benzene rings is 2. The molecule has 1 heterocycles. The molecule has 1 aliphatic heterocycles. The fraction of sp³-hybridized carbons (Fsp3) is 0.300. The Kier molecular flexibility index (Phi) is 4.58. The molecule has 0 aromatic heterocycles. The van der Waals surface area contributed by atoms with Crippen LogP contribution in [0.1, 0.15) is 30.5 Å². The van der Waals surface area contributed by atoms with Gasteiger partial charge >= 0.3 is 0 Å². The molecule has 0 amide bonds. The van der Waals surface area contributed by atoms with Gasteiger partial charge in [-0.1, -0.05) is 62.5 Å². The van der Waals surface area contributed by atoms with Gasteiger partial charge in [0, 0.05) is 22.4 Å². The summed E-state index contributed by atoms with van der Waals surface area (Å²) in [7, 11) is 1.69. The Bertz CT molecular complexity index is 749. The van der Waals surface area contributed by atoms with Gasteiger partial charge in [0.05, 0.1) is 18.9 Å². The van der Waals surface area contributed by atoms with Crippen molar-refractivity contribution < 1.29 is 4.74 Å². The summed E-state index contributed by atoms with van der Waals surface area (Å²) in [4.78, 5) is 6.07. The van der Waals surface area contributed by atoms with Gasteiger partial charge in [0.25, 0.3) is 0 Å². The van der Waals surface area contributed by atoms with E-state index in [0.29, 0.717) is 5.92 Å². The maximum absolute atomic E-state index is 5.69. The summed E-state index contributed by atoms with van der Waals surface area (Å²) >= 11 is 5.69. The Labute approximate surface area is 143 Å². The number of rotatable bonds is 3. The zero-order valence-electron chi connectivity index (χ0n) is 13.7. The third-order valence-electron chi connectivity index (χ3n) is 4.21. The van der Waals surface area contributed by atoms with Crippen molar-refractivity contribution in [2.45, 2.75) is 26.3 Å². The highest BCUT2D eigenvalue weighted by Crippen LogP contribution is 2.27. The van der Waals surface area contributed by atoms with E-state index in [2.05, 4.69) is 38.1 Å². The Hall–Kier alpha value is -2.00. The minimum atomic E-state index is 0.0681. The number of fused-ring (bicyclic) bond motifs is 1. The molecule has 0 spiro atoms. The molecule has 0 N–H and O–H groups in total. The second-order valence-electron chi connectivity index (χ2n) is 6.20. The van der Waals surface area contributed by atoms with Crippen molar-refractivity contribution in [2.75, 3.05) is 7.11 Å². The quantitative estimate of drug-likeness (QED) is 0.777. The Morgan fingerprint density at radius 1 is 1.13 bits per heavy atom. The Morgan fingerprint density at radius 3 is 2.52 bits per heavy atom. The Morgan fingerprint density at radius 2 is 1.87 bits per heavy atom. The van der Waals surface area contributed by atoms with Crippen molar-refractivity contribution in [1.82, 2.24) is 0 Å². The first kappa shape index (κ1) is 15.9.